The maximum Gasteiger partial charge on any atom is 0.271 e. The van der Waals surface area contributed by atoms with E-state index in [0.29, 0.717) is 18.2 Å². The molecule has 1 atom stereocenters. The van der Waals surface area contributed by atoms with Gasteiger partial charge in [0.1, 0.15) is 5.69 Å². The fraction of sp³-hybridized carbons (Fsp3) is 0.353. The molecule has 0 radical (unpaired) electrons. The zero-order valence-electron chi connectivity index (χ0n) is 13.4. The molecule has 2 amide bonds. The van der Waals surface area contributed by atoms with Gasteiger partial charge in [-0.15, -0.1) is 0 Å². The largest absolute Gasteiger partial charge is 0.364 e. The Bertz CT molecular complexity index is 720. The van der Waals surface area contributed by atoms with Crippen LogP contribution in [0.3, 0.4) is 0 Å². The van der Waals surface area contributed by atoms with Crippen molar-refractivity contribution >= 4 is 11.8 Å². The highest BCUT2D eigenvalue weighted by molar-refractivity contribution is 5.97. The number of hydrogen-bond acceptors (Lipinski definition) is 4. The first-order valence-electron chi connectivity index (χ1n) is 8.09. The maximum absolute atomic E-state index is 12.3. The van der Waals surface area contributed by atoms with Crippen LogP contribution in [0.1, 0.15) is 33.8 Å². The zero-order chi connectivity index (χ0) is 16.9. The molecular formula is C17H21N5O2. The molecule has 1 aromatic carbocycles. The number of aromatic nitrogens is 2. The number of nitrogens with two attached hydrogens (primary N) is 1. The number of rotatable bonds is 6. The smallest absolute Gasteiger partial charge is 0.271 e. The van der Waals surface area contributed by atoms with Crippen LogP contribution in [0.5, 0.6) is 0 Å². The van der Waals surface area contributed by atoms with Gasteiger partial charge in [0.15, 0.2) is 5.69 Å². The van der Waals surface area contributed by atoms with Crippen LogP contribution in [0.25, 0.3) is 5.69 Å². The fourth-order valence-electron chi connectivity index (χ4n) is 2.87. The molecule has 1 unspecified atom stereocenters. The number of benzene rings is 1. The summed E-state index contributed by atoms with van der Waals surface area (Å²) >= 11 is 0. The predicted molar refractivity (Wildman–Crippen MR) is 90.0 cm³/mol. The van der Waals surface area contributed by atoms with E-state index in [4.69, 9.17) is 5.73 Å². The Kier molecular flexibility index (Phi) is 4.90. The minimum absolute atomic E-state index is 0.186. The van der Waals surface area contributed by atoms with Crippen molar-refractivity contribution in [3.63, 3.8) is 0 Å². The molecule has 3 rings (SSSR count). The van der Waals surface area contributed by atoms with Crippen LogP contribution in [0.15, 0.2) is 36.4 Å². The summed E-state index contributed by atoms with van der Waals surface area (Å²) in [6.07, 6.45) is 2.07. The molecule has 1 fully saturated rings. The molecular weight excluding hydrogens is 306 g/mol. The minimum atomic E-state index is -0.623. The van der Waals surface area contributed by atoms with Crippen molar-refractivity contribution in [3.8, 4) is 5.69 Å². The van der Waals surface area contributed by atoms with Crippen LogP contribution in [-0.2, 0) is 0 Å². The summed E-state index contributed by atoms with van der Waals surface area (Å²) in [5.41, 5.74) is 6.47. The summed E-state index contributed by atoms with van der Waals surface area (Å²) in [4.78, 5) is 23.9. The van der Waals surface area contributed by atoms with Crippen molar-refractivity contribution in [1.29, 1.82) is 0 Å². The van der Waals surface area contributed by atoms with E-state index < -0.39 is 5.91 Å². The van der Waals surface area contributed by atoms with Crippen molar-refractivity contribution in [2.45, 2.75) is 12.8 Å². The first kappa shape index (κ1) is 16.2. The lowest BCUT2D eigenvalue weighted by Crippen LogP contribution is -2.26. The third kappa shape index (κ3) is 3.62. The van der Waals surface area contributed by atoms with Gasteiger partial charge in [-0.2, -0.15) is 5.10 Å². The van der Waals surface area contributed by atoms with E-state index >= 15 is 0 Å². The highest BCUT2D eigenvalue weighted by Crippen LogP contribution is 2.13. The second-order valence-corrected chi connectivity index (χ2v) is 5.93. The summed E-state index contributed by atoms with van der Waals surface area (Å²) in [6, 6.07) is 10.6. The first-order chi connectivity index (χ1) is 11.6. The SMILES string of the molecule is NC(=O)c1cc(C(=O)NCCC2CCNC2)nn1-c1ccccc1. The van der Waals surface area contributed by atoms with Gasteiger partial charge in [0.05, 0.1) is 5.69 Å². The molecule has 1 aromatic heterocycles. The minimum Gasteiger partial charge on any atom is -0.364 e. The topological polar surface area (TPSA) is 102 Å². The molecule has 126 valence electrons. The van der Waals surface area contributed by atoms with Crippen molar-refractivity contribution < 1.29 is 9.59 Å². The monoisotopic (exact) mass is 327 g/mol. The highest BCUT2D eigenvalue weighted by Gasteiger charge is 2.19. The van der Waals surface area contributed by atoms with E-state index in [9.17, 15) is 9.59 Å². The number of carbonyl (C=O) groups excluding carboxylic acids is 2. The van der Waals surface area contributed by atoms with Crippen LogP contribution in [0.4, 0.5) is 0 Å². The molecule has 0 aliphatic carbocycles. The lowest BCUT2D eigenvalue weighted by Gasteiger charge is -2.08. The van der Waals surface area contributed by atoms with Crippen molar-refractivity contribution in [2.24, 2.45) is 11.7 Å². The number of primary amides is 1. The molecule has 0 spiro atoms. The number of amides is 2. The standard InChI is InChI=1S/C17H21N5O2/c18-16(23)15-10-14(21-22(15)13-4-2-1-3-5-13)17(24)20-9-7-12-6-8-19-11-12/h1-5,10,12,19H,6-9,11H2,(H2,18,23)(H,20,24). The molecule has 2 aromatic rings. The van der Waals surface area contributed by atoms with Gasteiger partial charge in [-0.05, 0) is 44.0 Å². The Hall–Kier alpha value is -2.67. The average Bonchev–Trinajstić information content (AvgIpc) is 3.25. The highest BCUT2D eigenvalue weighted by atomic mass is 16.2. The fourth-order valence-corrected chi connectivity index (χ4v) is 2.87. The molecule has 4 N–H and O–H groups in total. The van der Waals surface area contributed by atoms with Crippen LogP contribution >= 0.6 is 0 Å². The van der Waals surface area contributed by atoms with Gasteiger partial charge in [0.2, 0.25) is 0 Å². The lowest BCUT2D eigenvalue weighted by molar-refractivity contribution is 0.0945. The predicted octanol–water partition coefficient (Wildman–Crippen LogP) is 0.701. The summed E-state index contributed by atoms with van der Waals surface area (Å²) in [6.45, 7) is 2.64. The number of nitrogens with one attached hydrogen (secondary N) is 2. The average molecular weight is 327 g/mol. The van der Waals surface area contributed by atoms with Gasteiger partial charge in [0.25, 0.3) is 11.8 Å². The number of hydrogen-bond donors (Lipinski definition) is 3. The Balaban J connectivity index is 1.71. The number of nitrogens with zero attached hydrogens (tertiary/aromatic N) is 2. The molecule has 1 saturated heterocycles. The first-order valence-corrected chi connectivity index (χ1v) is 8.09. The molecule has 7 nitrogen and oxygen atoms in total. The summed E-state index contributed by atoms with van der Waals surface area (Å²) < 4.78 is 1.40. The van der Waals surface area contributed by atoms with Gasteiger partial charge in [-0.1, -0.05) is 18.2 Å². The zero-order valence-corrected chi connectivity index (χ0v) is 13.4. The van der Waals surface area contributed by atoms with Gasteiger partial charge < -0.3 is 16.4 Å². The van der Waals surface area contributed by atoms with Crippen LogP contribution in [0.2, 0.25) is 0 Å². The molecule has 24 heavy (non-hydrogen) atoms. The second-order valence-electron chi connectivity index (χ2n) is 5.93. The lowest BCUT2D eigenvalue weighted by atomic mass is 10.1. The van der Waals surface area contributed by atoms with Gasteiger partial charge in [-0.25, -0.2) is 4.68 Å². The van der Waals surface area contributed by atoms with Gasteiger partial charge in [-0.3, -0.25) is 9.59 Å². The van der Waals surface area contributed by atoms with E-state index in [2.05, 4.69) is 15.7 Å². The second kappa shape index (κ2) is 7.27. The van der Waals surface area contributed by atoms with Crippen molar-refractivity contribution in [1.82, 2.24) is 20.4 Å². The van der Waals surface area contributed by atoms with Crippen molar-refractivity contribution in [2.75, 3.05) is 19.6 Å². The summed E-state index contributed by atoms with van der Waals surface area (Å²) in [7, 11) is 0. The third-order valence-corrected chi connectivity index (χ3v) is 4.20. The molecule has 0 bridgehead atoms. The number of carbonyl (C=O) groups is 2. The van der Waals surface area contributed by atoms with E-state index in [1.165, 1.54) is 10.7 Å². The Morgan fingerprint density at radius 3 is 2.79 bits per heavy atom. The Morgan fingerprint density at radius 1 is 1.33 bits per heavy atom. The number of para-hydroxylation sites is 1. The molecule has 1 aliphatic rings. The van der Waals surface area contributed by atoms with Crippen molar-refractivity contribution in [3.05, 3.63) is 47.8 Å². The normalized spacial score (nSPS) is 16.9. The maximum atomic E-state index is 12.3. The van der Waals surface area contributed by atoms with E-state index in [1.54, 1.807) is 12.1 Å². The Labute approximate surface area is 140 Å². The van der Waals surface area contributed by atoms with Crippen LogP contribution in [0, 0.1) is 5.92 Å². The molecule has 2 heterocycles. The summed E-state index contributed by atoms with van der Waals surface area (Å²) in [5.74, 6) is -0.311. The van der Waals surface area contributed by atoms with Crippen LogP contribution < -0.4 is 16.4 Å². The van der Waals surface area contributed by atoms with Crippen LogP contribution in [-0.4, -0.2) is 41.2 Å². The van der Waals surface area contributed by atoms with E-state index in [-0.39, 0.29) is 17.3 Å². The third-order valence-electron chi connectivity index (χ3n) is 4.20. The molecule has 7 heteroatoms. The van der Waals surface area contributed by atoms with E-state index in [1.807, 2.05) is 18.2 Å². The van der Waals surface area contributed by atoms with E-state index in [0.717, 1.165) is 25.9 Å². The summed E-state index contributed by atoms with van der Waals surface area (Å²) in [5, 5.41) is 10.4. The molecule has 1 aliphatic heterocycles. The quantitative estimate of drug-likeness (QED) is 0.727. The van der Waals surface area contributed by atoms with Gasteiger partial charge >= 0.3 is 0 Å². The Morgan fingerprint density at radius 2 is 2.12 bits per heavy atom. The molecule has 0 saturated carbocycles. The van der Waals surface area contributed by atoms with Gasteiger partial charge in [0, 0.05) is 12.6 Å².